The van der Waals surface area contributed by atoms with Gasteiger partial charge in [0.05, 0.1) is 0 Å². The van der Waals surface area contributed by atoms with Crippen LogP contribution in [0.4, 0.5) is 4.39 Å². The van der Waals surface area contributed by atoms with Crippen molar-refractivity contribution < 1.29 is 18.3 Å². The number of aliphatic imine (C=N–C) groups is 1. The molecule has 6 nitrogen and oxygen atoms in total. The molecule has 3 unspecified atom stereocenters. The number of likely N-dealkylation sites (N-methyl/N-ethyl adjacent to an activating group) is 1. The van der Waals surface area contributed by atoms with Crippen molar-refractivity contribution in [1.29, 1.82) is 0 Å². The highest BCUT2D eigenvalue weighted by molar-refractivity contribution is 6.75. The van der Waals surface area contributed by atoms with Crippen molar-refractivity contribution in [2.75, 3.05) is 7.05 Å². The Kier molecular flexibility index (Phi) is 5.58. The molecule has 1 amide bonds. The number of amides is 1. The molecule has 1 fully saturated rings. The molecule has 0 bridgehead atoms. The molecule has 0 saturated heterocycles. The van der Waals surface area contributed by atoms with Crippen molar-refractivity contribution >= 4 is 20.2 Å². The van der Waals surface area contributed by atoms with Crippen LogP contribution in [0.25, 0.3) is 11.1 Å². The molecule has 0 radical (unpaired) electrons. The summed E-state index contributed by atoms with van der Waals surface area (Å²) in [6.45, 7) is 10.8. The van der Waals surface area contributed by atoms with Crippen molar-refractivity contribution in [1.82, 2.24) is 9.88 Å². The number of aromatic nitrogens is 1. The largest absolute Gasteiger partial charge is 0.518 e. The summed E-state index contributed by atoms with van der Waals surface area (Å²) in [6.07, 6.45) is 5.14. The molecule has 5 rings (SSSR count). The van der Waals surface area contributed by atoms with Crippen molar-refractivity contribution in [2.45, 2.75) is 76.2 Å². The number of hydrogen-bond donors (Lipinski definition) is 0. The number of fused-ring (bicyclic) bond motifs is 4. The zero-order valence-electron chi connectivity index (χ0n) is 21.4. The van der Waals surface area contributed by atoms with Crippen LogP contribution in [0.1, 0.15) is 52.0 Å². The fourth-order valence-electron chi connectivity index (χ4n) is 5.28. The number of benzene rings is 1. The van der Waals surface area contributed by atoms with Crippen LogP contribution >= 0.6 is 0 Å². The van der Waals surface area contributed by atoms with Crippen LogP contribution in [-0.2, 0) is 14.8 Å². The third-order valence-corrected chi connectivity index (χ3v) is 12.6. The predicted octanol–water partition coefficient (Wildman–Crippen LogP) is 5.88. The van der Waals surface area contributed by atoms with Crippen molar-refractivity contribution in [3.8, 4) is 16.9 Å². The first-order valence-electron chi connectivity index (χ1n) is 12.4. The topological polar surface area (TPSA) is 64.0 Å². The van der Waals surface area contributed by atoms with Crippen LogP contribution < -0.4 is 4.74 Å². The minimum atomic E-state index is -2.24. The number of hydrogen-bond acceptors (Lipinski definition) is 5. The van der Waals surface area contributed by atoms with Gasteiger partial charge in [-0.15, -0.1) is 0 Å². The number of carbonyl (C=O) groups is 1. The summed E-state index contributed by atoms with van der Waals surface area (Å²) in [6, 6.07) is 9.33. The van der Waals surface area contributed by atoms with E-state index in [0.717, 1.165) is 25.7 Å². The molecule has 1 aromatic carbocycles. The molecule has 3 aliphatic rings. The lowest BCUT2D eigenvalue weighted by atomic mass is 9.67. The van der Waals surface area contributed by atoms with E-state index in [1.807, 2.05) is 18.2 Å². The molecule has 3 heterocycles. The molecule has 2 aliphatic heterocycles. The van der Waals surface area contributed by atoms with Gasteiger partial charge in [0, 0.05) is 30.3 Å². The summed E-state index contributed by atoms with van der Waals surface area (Å²) < 4.78 is 27.6. The number of nitrogens with zero attached hydrogens (tertiary/aromatic N) is 3. The maximum atomic E-state index is 14.6. The summed E-state index contributed by atoms with van der Waals surface area (Å²) in [5.74, 6) is -0.112. The molecule has 8 heteroatoms. The Morgan fingerprint density at radius 3 is 2.66 bits per heavy atom. The summed E-state index contributed by atoms with van der Waals surface area (Å²) in [5, 5.41) is -0.0406. The van der Waals surface area contributed by atoms with Gasteiger partial charge in [-0.2, -0.15) is 4.39 Å². The highest BCUT2D eigenvalue weighted by Gasteiger charge is 2.61. The lowest BCUT2D eigenvalue weighted by Crippen LogP contribution is -2.53. The lowest BCUT2D eigenvalue weighted by Gasteiger charge is -2.45. The molecule has 3 atom stereocenters. The fraction of sp³-hybridized carbons (Fsp3) is 0.519. The standard InChI is InChI=1S/C27H34FN3O3Si/c1-26(2,3)35(5,6)34-25-30-27(24(32)31(25)4)19-11-7-8-12-21(19)33-22-14-13-17(16-20(22)27)18-10-9-15-29-23(18)28/h9-10,13-16,19,21H,7-8,11-12H2,1-6H3. The zero-order valence-corrected chi connectivity index (χ0v) is 22.4. The van der Waals surface area contributed by atoms with Gasteiger partial charge in [-0.05, 0) is 67.2 Å². The smallest absolute Gasteiger partial charge is 0.281 e. The molecule has 35 heavy (non-hydrogen) atoms. The van der Waals surface area contributed by atoms with Crippen LogP contribution in [0.5, 0.6) is 5.75 Å². The zero-order chi connectivity index (χ0) is 25.2. The van der Waals surface area contributed by atoms with E-state index in [-0.39, 0.29) is 23.0 Å². The van der Waals surface area contributed by atoms with Gasteiger partial charge < -0.3 is 9.16 Å². The average molecular weight is 496 g/mol. The first kappa shape index (κ1) is 24.0. The number of pyridine rings is 1. The maximum absolute atomic E-state index is 14.6. The highest BCUT2D eigenvalue weighted by atomic mass is 28.4. The third-order valence-electron chi connectivity index (χ3n) is 8.32. The van der Waals surface area contributed by atoms with E-state index in [9.17, 15) is 9.18 Å². The van der Waals surface area contributed by atoms with E-state index < -0.39 is 19.8 Å². The number of amidine groups is 1. The SMILES string of the molecule is CN1C(=O)C2(N=C1O[Si](C)(C)C(C)(C)C)c1cc(-c3cccnc3F)ccc1OC1CCCCC12. The van der Waals surface area contributed by atoms with Crippen molar-refractivity contribution in [3.05, 3.63) is 48.0 Å². The van der Waals surface area contributed by atoms with Crippen LogP contribution in [0.2, 0.25) is 18.1 Å². The number of rotatable bonds is 2. The molecule has 0 N–H and O–H groups in total. The van der Waals surface area contributed by atoms with Crippen LogP contribution in [0.3, 0.4) is 0 Å². The molecule has 1 spiro atoms. The van der Waals surface area contributed by atoms with E-state index in [1.54, 1.807) is 24.1 Å². The van der Waals surface area contributed by atoms with Gasteiger partial charge in [0.2, 0.25) is 5.95 Å². The number of ether oxygens (including phenoxy) is 1. The fourth-order valence-corrected chi connectivity index (χ4v) is 6.23. The van der Waals surface area contributed by atoms with Gasteiger partial charge in [0.25, 0.3) is 20.2 Å². The van der Waals surface area contributed by atoms with Crippen molar-refractivity contribution in [2.24, 2.45) is 10.9 Å². The highest BCUT2D eigenvalue weighted by Crippen LogP contribution is 2.54. The molecule has 1 aromatic heterocycles. The van der Waals surface area contributed by atoms with Gasteiger partial charge in [0.1, 0.15) is 11.9 Å². The number of halogens is 1. The van der Waals surface area contributed by atoms with E-state index in [2.05, 4.69) is 38.8 Å². The molecule has 1 saturated carbocycles. The summed E-state index contributed by atoms with van der Waals surface area (Å²) >= 11 is 0. The van der Waals surface area contributed by atoms with Crippen LogP contribution in [0.15, 0.2) is 41.5 Å². The minimum absolute atomic E-state index is 0.0406. The normalized spacial score (nSPS) is 26.2. The first-order chi connectivity index (χ1) is 16.5. The average Bonchev–Trinajstić information content (AvgIpc) is 3.04. The third kappa shape index (κ3) is 3.68. The molecule has 186 valence electrons. The molecule has 2 aromatic rings. The van der Waals surface area contributed by atoms with Gasteiger partial charge in [0.15, 0.2) is 5.54 Å². The van der Waals surface area contributed by atoms with E-state index in [0.29, 0.717) is 28.5 Å². The number of carbonyl (C=O) groups excluding carboxylic acids is 1. The molecular weight excluding hydrogens is 461 g/mol. The second-order valence-corrected chi connectivity index (χ2v) is 16.2. The van der Waals surface area contributed by atoms with Crippen LogP contribution in [-0.4, -0.2) is 43.3 Å². The first-order valence-corrected chi connectivity index (χ1v) is 15.4. The Morgan fingerprint density at radius 2 is 1.94 bits per heavy atom. The van der Waals surface area contributed by atoms with E-state index >= 15 is 0 Å². The Hall–Kier alpha value is -2.74. The lowest BCUT2D eigenvalue weighted by molar-refractivity contribution is -0.136. The minimum Gasteiger partial charge on any atom is -0.518 e. The second kappa shape index (κ2) is 8.15. The van der Waals surface area contributed by atoms with Gasteiger partial charge in [-0.3, -0.25) is 9.69 Å². The Balaban J connectivity index is 1.69. The predicted molar refractivity (Wildman–Crippen MR) is 136 cm³/mol. The summed E-state index contributed by atoms with van der Waals surface area (Å²) in [7, 11) is -0.491. The Morgan fingerprint density at radius 1 is 1.20 bits per heavy atom. The summed E-state index contributed by atoms with van der Waals surface area (Å²) in [4.78, 5) is 24.7. The Bertz CT molecular complexity index is 1210. The van der Waals surface area contributed by atoms with Gasteiger partial charge in [-0.1, -0.05) is 33.3 Å². The van der Waals surface area contributed by atoms with Crippen molar-refractivity contribution in [3.63, 3.8) is 0 Å². The van der Waals surface area contributed by atoms with Crippen LogP contribution in [0, 0.1) is 11.9 Å². The maximum Gasteiger partial charge on any atom is 0.281 e. The van der Waals surface area contributed by atoms with E-state index in [4.69, 9.17) is 14.2 Å². The second-order valence-electron chi connectivity index (χ2n) is 11.5. The summed E-state index contributed by atoms with van der Waals surface area (Å²) in [5.41, 5.74) is 0.583. The van der Waals surface area contributed by atoms with E-state index in [1.165, 1.54) is 6.20 Å². The molecule has 1 aliphatic carbocycles. The Labute approximate surface area is 207 Å². The quantitative estimate of drug-likeness (QED) is 0.385. The monoisotopic (exact) mass is 495 g/mol. The molecular formula is C27H34FN3O3Si. The van der Waals surface area contributed by atoms with Gasteiger partial charge in [-0.25, -0.2) is 9.98 Å². The van der Waals surface area contributed by atoms with Gasteiger partial charge >= 0.3 is 0 Å².